The second kappa shape index (κ2) is 4.28. The maximum absolute atomic E-state index is 11.0. The van der Waals surface area contributed by atoms with Crippen LogP contribution < -0.4 is 9.46 Å². The van der Waals surface area contributed by atoms with Crippen LogP contribution in [0.5, 0.6) is 5.75 Å². The minimum absolute atomic E-state index is 0.370. The summed E-state index contributed by atoms with van der Waals surface area (Å²) in [5.41, 5.74) is 1.21. The Balaban J connectivity index is 3.17. The summed E-state index contributed by atoms with van der Waals surface area (Å²) in [6.45, 7) is 1.77. The van der Waals surface area contributed by atoms with Gasteiger partial charge in [0.2, 0.25) is 10.0 Å². The zero-order valence-corrected chi connectivity index (χ0v) is 10.2. The number of methoxy groups -OCH3 is 1. The van der Waals surface area contributed by atoms with Crippen molar-refractivity contribution in [3.05, 3.63) is 22.7 Å². The molecule has 0 radical (unpaired) electrons. The van der Waals surface area contributed by atoms with Crippen LogP contribution in [0.1, 0.15) is 5.56 Å². The lowest BCUT2D eigenvalue weighted by atomic mass is 10.2. The van der Waals surface area contributed by atoms with E-state index in [1.54, 1.807) is 13.0 Å². The van der Waals surface area contributed by atoms with Crippen LogP contribution in [0.15, 0.2) is 12.1 Å². The summed E-state index contributed by atoms with van der Waals surface area (Å²) in [5.74, 6) is 0.521. The number of hydrogen-bond donors (Lipinski definition) is 1. The van der Waals surface area contributed by atoms with Gasteiger partial charge in [0, 0.05) is 0 Å². The molecule has 0 aliphatic rings. The highest BCUT2D eigenvalue weighted by Gasteiger charge is 2.09. The van der Waals surface area contributed by atoms with Gasteiger partial charge in [0.15, 0.2) is 0 Å². The maximum Gasteiger partial charge on any atom is 0.229 e. The van der Waals surface area contributed by atoms with E-state index in [1.807, 2.05) is 0 Å². The van der Waals surface area contributed by atoms with Crippen molar-refractivity contribution < 1.29 is 13.2 Å². The molecule has 0 spiro atoms. The van der Waals surface area contributed by atoms with Gasteiger partial charge in [0.25, 0.3) is 0 Å². The van der Waals surface area contributed by atoms with Gasteiger partial charge in [-0.2, -0.15) is 0 Å². The monoisotopic (exact) mass is 249 g/mol. The first-order chi connectivity index (χ1) is 6.83. The van der Waals surface area contributed by atoms with E-state index in [9.17, 15) is 8.42 Å². The van der Waals surface area contributed by atoms with E-state index in [-0.39, 0.29) is 0 Å². The van der Waals surface area contributed by atoms with E-state index in [0.717, 1.165) is 11.8 Å². The van der Waals surface area contributed by atoms with Gasteiger partial charge in [-0.05, 0) is 24.6 Å². The minimum Gasteiger partial charge on any atom is -0.495 e. The first-order valence-electron chi connectivity index (χ1n) is 4.15. The minimum atomic E-state index is -3.29. The first-order valence-corrected chi connectivity index (χ1v) is 6.42. The average molecular weight is 250 g/mol. The molecule has 1 N–H and O–H groups in total. The van der Waals surface area contributed by atoms with E-state index < -0.39 is 10.0 Å². The Morgan fingerprint density at radius 3 is 2.47 bits per heavy atom. The molecule has 0 saturated carbocycles. The van der Waals surface area contributed by atoms with Crippen LogP contribution in [0, 0.1) is 6.92 Å². The number of ether oxygens (including phenoxy) is 1. The molecule has 0 aromatic heterocycles. The Morgan fingerprint density at radius 2 is 2.00 bits per heavy atom. The summed E-state index contributed by atoms with van der Waals surface area (Å²) < 4.78 is 29.4. The van der Waals surface area contributed by atoms with E-state index in [4.69, 9.17) is 16.3 Å². The average Bonchev–Trinajstić information content (AvgIpc) is 2.08. The molecule has 1 aromatic carbocycles. The zero-order chi connectivity index (χ0) is 11.6. The van der Waals surface area contributed by atoms with Gasteiger partial charge < -0.3 is 4.74 Å². The topological polar surface area (TPSA) is 55.4 Å². The van der Waals surface area contributed by atoms with Crippen LogP contribution in [0.2, 0.25) is 5.02 Å². The summed E-state index contributed by atoms with van der Waals surface area (Å²) in [5, 5.41) is 0.370. The van der Waals surface area contributed by atoms with Gasteiger partial charge >= 0.3 is 0 Å². The molecule has 0 aliphatic heterocycles. The second-order valence-corrected chi connectivity index (χ2v) is 5.33. The Labute approximate surface area is 94.3 Å². The highest BCUT2D eigenvalue weighted by molar-refractivity contribution is 7.92. The fourth-order valence-electron chi connectivity index (χ4n) is 1.12. The van der Waals surface area contributed by atoms with Crippen molar-refractivity contribution in [1.29, 1.82) is 0 Å². The normalized spacial score (nSPS) is 11.2. The van der Waals surface area contributed by atoms with Crippen molar-refractivity contribution in [3.63, 3.8) is 0 Å². The molecule has 0 bridgehead atoms. The van der Waals surface area contributed by atoms with Gasteiger partial charge in [-0.1, -0.05) is 11.6 Å². The smallest absolute Gasteiger partial charge is 0.229 e. The van der Waals surface area contributed by atoms with Gasteiger partial charge in [-0.15, -0.1) is 0 Å². The number of nitrogens with one attached hydrogen (secondary N) is 1. The lowest BCUT2D eigenvalue weighted by Gasteiger charge is -2.10. The van der Waals surface area contributed by atoms with E-state index in [0.29, 0.717) is 16.5 Å². The van der Waals surface area contributed by atoms with Crippen LogP contribution in [0.3, 0.4) is 0 Å². The fourth-order valence-corrected chi connectivity index (χ4v) is 1.98. The lowest BCUT2D eigenvalue weighted by molar-refractivity contribution is 0.415. The summed E-state index contributed by atoms with van der Waals surface area (Å²) in [7, 11) is -1.78. The molecule has 6 heteroatoms. The molecule has 1 aromatic rings. The van der Waals surface area contributed by atoms with Crippen LogP contribution in [-0.2, 0) is 10.0 Å². The van der Waals surface area contributed by atoms with Crippen molar-refractivity contribution >= 4 is 27.3 Å². The number of anilines is 1. The standard InChI is InChI=1S/C9H12ClNO3S/c1-6-4-9(14-2)7(10)5-8(6)11-15(3,12)13/h4-5,11H,1-3H3. The third-order valence-corrected chi connectivity index (χ3v) is 2.68. The van der Waals surface area contributed by atoms with Crippen molar-refractivity contribution in [2.75, 3.05) is 18.1 Å². The Kier molecular flexibility index (Phi) is 3.46. The number of sulfonamides is 1. The number of benzene rings is 1. The second-order valence-electron chi connectivity index (χ2n) is 3.18. The molecule has 0 heterocycles. The number of aryl methyl sites for hydroxylation is 1. The number of hydrogen-bond acceptors (Lipinski definition) is 3. The van der Waals surface area contributed by atoms with Crippen LogP contribution >= 0.6 is 11.6 Å². The quantitative estimate of drug-likeness (QED) is 0.892. The molecule has 1 rings (SSSR count). The van der Waals surface area contributed by atoms with E-state index >= 15 is 0 Å². The van der Waals surface area contributed by atoms with Gasteiger partial charge in [0.05, 0.1) is 24.1 Å². The highest BCUT2D eigenvalue weighted by Crippen LogP contribution is 2.30. The predicted octanol–water partition coefficient (Wildman–Crippen LogP) is 2.03. The zero-order valence-electron chi connectivity index (χ0n) is 8.67. The highest BCUT2D eigenvalue weighted by atomic mass is 35.5. The van der Waals surface area contributed by atoms with Crippen molar-refractivity contribution in [3.8, 4) is 5.75 Å². The summed E-state index contributed by atoms with van der Waals surface area (Å²) in [6.07, 6.45) is 1.09. The third-order valence-electron chi connectivity index (χ3n) is 1.79. The van der Waals surface area contributed by atoms with Crippen molar-refractivity contribution in [1.82, 2.24) is 0 Å². The van der Waals surface area contributed by atoms with Gasteiger partial charge in [-0.25, -0.2) is 8.42 Å². The maximum atomic E-state index is 11.0. The molecule has 0 aliphatic carbocycles. The molecule has 0 unspecified atom stereocenters. The van der Waals surface area contributed by atoms with Crippen molar-refractivity contribution in [2.45, 2.75) is 6.92 Å². The Hall–Kier alpha value is -0.940. The van der Waals surface area contributed by atoms with Crippen LogP contribution in [0.25, 0.3) is 0 Å². The predicted molar refractivity (Wildman–Crippen MR) is 61.2 cm³/mol. The number of halogens is 1. The van der Waals surface area contributed by atoms with Gasteiger partial charge in [-0.3, -0.25) is 4.72 Å². The third kappa shape index (κ3) is 3.28. The molecule has 0 saturated heterocycles. The molecular formula is C9H12ClNO3S. The molecule has 0 atom stereocenters. The summed E-state index contributed by atoms with van der Waals surface area (Å²) in [6, 6.07) is 3.20. The summed E-state index contributed by atoms with van der Waals surface area (Å²) >= 11 is 5.87. The van der Waals surface area contributed by atoms with Crippen LogP contribution in [-0.4, -0.2) is 21.8 Å². The molecule has 84 valence electrons. The molecule has 15 heavy (non-hydrogen) atoms. The van der Waals surface area contributed by atoms with Crippen molar-refractivity contribution in [2.24, 2.45) is 0 Å². The fraction of sp³-hybridized carbons (Fsp3) is 0.333. The number of rotatable bonds is 3. The first kappa shape index (κ1) is 12.1. The molecular weight excluding hydrogens is 238 g/mol. The largest absolute Gasteiger partial charge is 0.495 e. The SMILES string of the molecule is COc1cc(C)c(NS(C)(=O)=O)cc1Cl. The van der Waals surface area contributed by atoms with E-state index in [2.05, 4.69) is 4.72 Å². The van der Waals surface area contributed by atoms with Gasteiger partial charge in [0.1, 0.15) is 5.75 Å². The molecule has 0 fully saturated rings. The van der Waals surface area contributed by atoms with E-state index in [1.165, 1.54) is 13.2 Å². The van der Waals surface area contributed by atoms with Crippen LogP contribution in [0.4, 0.5) is 5.69 Å². The summed E-state index contributed by atoms with van der Waals surface area (Å²) in [4.78, 5) is 0. The Bertz CT molecular complexity index is 470. The molecule has 0 amide bonds. The molecule has 4 nitrogen and oxygen atoms in total. The Morgan fingerprint density at radius 1 is 1.40 bits per heavy atom. The lowest BCUT2D eigenvalue weighted by Crippen LogP contribution is -2.10.